The Balaban J connectivity index is 3.35. The van der Waals surface area contributed by atoms with E-state index in [-0.39, 0.29) is 11.9 Å². The van der Waals surface area contributed by atoms with E-state index in [2.05, 4.69) is 0 Å². The normalized spacial score (nSPS) is 11.0. The number of rotatable bonds is 9. The van der Waals surface area contributed by atoms with E-state index in [9.17, 15) is 9.59 Å². The number of hydrogen-bond donors (Lipinski definition) is 0. The zero-order chi connectivity index (χ0) is 13.6. The van der Waals surface area contributed by atoms with Gasteiger partial charge in [-0.2, -0.15) is 0 Å². The van der Waals surface area contributed by atoms with Gasteiger partial charge in [0.2, 0.25) is 0 Å². The minimum atomic E-state index is -0.208. The summed E-state index contributed by atoms with van der Waals surface area (Å²) in [5.74, 6) is -0.416. The Bertz CT molecular complexity index is 262. The van der Waals surface area contributed by atoms with E-state index < -0.39 is 0 Å². The smallest absolute Gasteiger partial charge is 0.310 e. The van der Waals surface area contributed by atoms with Crippen LogP contribution in [-0.2, 0) is 19.1 Å². The Morgan fingerprint density at radius 1 is 0.778 bits per heavy atom. The number of carbonyl (C=O) groups is 2. The monoisotopic (exact) mass is 254 g/mol. The molecule has 0 aliphatic carbocycles. The highest BCUT2D eigenvalue weighted by Gasteiger charge is 2.02. The van der Waals surface area contributed by atoms with Crippen molar-refractivity contribution in [3.05, 3.63) is 24.7 Å². The minimum Gasteiger partial charge on any atom is -0.435 e. The molecule has 0 atom stereocenters. The van der Waals surface area contributed by atoms with Gasteiger partial charge in [0.15, 0.2) is 0 Å². The molecule has 0 saturated carbocycles. The second kappa shape index (κ2) is 11.9. The van der Waals surface area contributed by atoms with Crippen molar-refractivity contribution >= 4 is 11.9 Å². The van der Waals surface area contributed by atoms with Crippen LogP contribution in [0.25, 0.3) is 0 Å². The summed E-state index contributed by atoms with van der Waals surface area (Å²) < 4.78 is 9.56. The number of unbranched alkanes of at least 4 members (excludes halogenated alkanes) is 3. The molecular formula is C14H22O4. The zero-order valence-electron chi connectivity index (χ0n) is 11.2. The molecule has 4 nitrogen and oxygen atoms in total. The fourth-order valence-electron chi connectivity index (χ4n) is 1.30. The number of ether oxygens (including phenoxy) is 2. The van der Waals surface area contributed by atoms with Crippen LogP contribution in [0.4, 0.5) is 0 Å². The van der Waals surface area contributed by atoms with Crippen LogP contribution >= 0.6 is 0 Å². The van der Waals surface area contributed by atoms with Gasteiger partial charge in [0, 0.05) is 12.8 Å². The van der Waals surface area contributed by atoms with Gasteiger partial charge >= 0.3 is 11.9 Å². The molecule has 4 heteroatoms. The first-order valence-corrected chi connectivity index (χ1v) is 6.32. The van der Waals surface area contributed by atoms with Crippen molar-refractivity contribution in [1.82, 2.24) is 0 Å². The lowest BCUT2D eigenvalue weighted by molar-refractivity contribution is -0.139. The predicted octanol–water partition coefficient (Wildman–Crippen LogP) is 3.48. The van der Waals surface area contributed by atoms with Gasteiger partial charge in [-0.15, -0.1) is 0 Å². The summed E-state index contributed by atoms with van der Waals surface area (Å²) >= 11 is 0. The van der Waals surface area contributed by atoms with Crippen molar-refractivity contribution in [1.29, 1.82) is 0 Å². The second-order valence-corrected chi connectivity index (χ2v) is 3.83. The highest BCUT2D eigenvalue weighted by Crippen LogP contribution is 2.07. The number of carbonyl (C=O) groups excluding carboxylic acids is 2. The minimum absolute atomic E-state index is 0.208. The maximum atomic E-state index is 11.1. The quantitative estimate of drug-likeness (QED) is 0.359. The Kier molecular flexibility index (Phi) is 10.8. The van der Waals surface area contributed by atoms with Crippen LogP contribution < -0.4 is 0 Å². The van der Waals surface area contributed by atoms with Crippen LogP contribution in [-0.4, -0.2) is 11.9 Å². The summed E-state index contributed by atoms with van der Waals surface area (Å²) in [5.41, 5.74) is 0. The molecule has 0 aliphatic rings. The highest BCUT2D eigenvalue weighted by molar-refractivity contribution is 5.70. The fraction of sp³-hybridized carbons (Fsp3) is 0.571. The summed E-state index contributed by atoms with van der Waals surface area (Å²) in [4.78, 5) is 22.2. The standard InChI is InChI=1S/C14H22O4/c1-3-11-17-13(15)9-7-5-6-8-10-14(16)18-12-4-2/h3-4,11-12H,5-10H2,1-2H3. The molecule has 0 N–H and O–H groups in total. The van der Waals surface area contributed by atoms with E-state index in [0.717, 1.165) is 25.7 Å². The van der Waals surface area contributed by atoms with E-state index in [1.807, 2.05) is 0 Å². The fourth-order valence-corrected chi connectivity index (χ4v) is 1.30. The molecule has 0 aromatic heterocycles. The first kappa shape index (κ1) is 16.4. The third-order valence-electron chi connectivity index (χ3n) is 2.18. The van der Waals surface area contributed by atoms with Crippen LogP contribution in [0, 0.1) is 0 Å². The summed E-state index contributed by atoms with van der Waals surface area (Å²) in [6, 6.07) is 0. The van der Waals surface area contributed by atoms with Crippen molar-refractivity contribution in [2.24, 2.45) is 0 Å². The van der Waals surface area contributed by atoms with Crippen molar-refractivity contribution in [2.75, 3.05) is 0 Å². The molecule has 0 rings (SSSR count). The largest absolute Gasteiger partial charge is 0.435 e. The Hall–Kier alpha value is -1.58. The van der Waals surface area contributed by atoms with Gasteiger partial charge < -0.3 is 9.47 Å². The number of esters is 2. The van der Waals surface area contributed by atoms with Crippen LogP contribution in [0.5, 0.6) is 0 Å². The van der Waals surface area contributed by atoms with E-state index in [1.54, 1.807) is 26.0 Å². The second-order valence-electron chi connectivity index (χ2n) is 3.83. The van der Waals surface area contributed by atoms with Gasteiger partial charge in [-0.25, -0.2) is 0 Å². The molecule has 0 saturated heterocycles. The molecular weight excluding hydrogens is 232 g/mol. The SMILES string of the molecule is CC=COC(=O)CCCCCCC(=O)OC=CC. The lowest BCUT2D eigenvalue weighted by Crippen LogP contribution is -2.00. The molecule has 0 aromatic rings. The van der Waals surface area contributed by atoms with Gasteiger partial charge in [-0.05, 0) is 26.7 Å². The zero-order valence-corrected chi connectivity index (χ0v) is 11.2. The van der Waals surface area contributed by atoms with Crippen LogP contribution in [0.1, 0.15) is 52.4 Å². The Labute approximate surface area is 109 Å². The average Bonchev–Trinajstić information content (AvgIpc) is 2.37. The first-order valence-electron chi connectivity index (χ1n) is 6.32. The highest BCUT2D eigenvalue weighted by atomic mass is 16.5. The Morgan fingerprint density at radius 2 is 1.17 bits per heavy atom. The van der Waals surface area contributed by atoms with Crippen LogP contribution in [0.2, 0.25) is 0 Å². The molecule has 0 fully saturated rings. The predicted molar refractivity (Wildman–Crippen MR) is 69.5 cm³/mol. The molecule has 0 radical (unpaired) electrons. The Morgan fingerprint density at radius 3 is 1.50 bits per heavy atom. The average molecular weight is 254 g/mol. The maximum absolute atomic E-state index is 11.1. The van der Waals surface area contributed by atoms with Gasteiger partial charge in [0.1, 0.15) is 0 Å². The molecule has 0 heterocycles. The van der Waals surface area contributed by atoms with Crippen molar-refractivity contribution in [3.63, 3.8) is 0 Å². The summed E-state index contributed by atoms with van der Waals surface area (Å²) in [6.45, 7) is 3.58. The maximum Gasteiger partial charge on any atom is 0.310 e. The van der Waals surface area contributed by atoms with E-state index in [4.69, 9.17) is 9.47 Å². The van der Waals surface area contributed by atoms with Crippen LogP contribution in [0.3, 0.4) is 0 Å². The van der Waals surface area contributed by atoms with E-state index in [1.165, 1.54) is 12.5 Å². The lowest BCUT2D eigenvalue weighted by atomic mass is 10.1. The number of hydrogen-bond acceptors (Lipinski definition) is 4. The summed E-state index contributed by atoms with van der Waals surface area (Å²) in [7, 11) is 0. The topological polar surface area (TPSA) is 52.6 Å². The molecule has 0 aliphatic heterocycles. The van der Waals surface area contributed by atoms with Gasteiger partial charge in [0.25, 0.3) is 0 Å². The lowest BCUT2D eigenvalue weighted by Gasteiger charge is -2.01. The van der Waals surface area contributed by atoms with Crippen molar-refractivity contribution < 1.29 is 19.1 Å². The van der Waals surface area contributed by atoms with E-state index >= 15 is 0 Å². The molecule has 0 unspecified atom stereocenters. The first-order chi connectivity index (χ1) is 8.70. The summed E-state index contributed by atoms with van der Waals surface area (Å²) in [5, 5.41) is 0. The molecule has 0 spiro atoms. The van der Waals surface area contributed by atoms with Crippen molar-refractivity contribution in [2.45, 2.75) is 52.4 Å². The molecule has 0 amide bonds. The molecule has 0 bridgehead atoms. The van der Waals surface area contributed by atoms with Gasteiger partial charge in [0.05, 0.1) is 12.5 Å². The third-order valence-corrected chi connectivity index (χ3v) is 2.18. The van der Waals surface area contributed by atoms with Crippen molar-refractivity contribution in [3.8, 4) is 0 Å². The third kappa shape index (κ3) is 10.9. The van der Waals surface area contributed by atoms with Gasteiger partial charge in [-0.3, -0.25) is 9.59 Å². The summed E-state index contributed by atoms with van der Waals surface area (Å²) in [6.07, 6.45) is 10.4. The number of allylic oxidation sites excluding steroid dienone is 2. The van der Waals surface area contributed by atoms with Gasteiger partial charge in [-0.1, -0.05) is 25.0 Å². The molecule has 18 heavy (non-hydrogen) atoms. The van der Waals surface area contributed by atoms with E-state index in [0.29, 0.717) is 12.8 Å². The molecule has 102 valence electrons. The molecule has 0 aromatic carbocycles. The van der Waals surface area contributed by atoms with Crippen LogP contribution in [0.15, 0.2) is 24.7 Å².